The smallest absolute Gasteiger partial charge is 0.258 e. The van der Waals surface area contributed by atoms with Crippen LogP contribution in [0.2, 0.25) is 0 Å². The summed E-state index contributed by atoms with van der Waals surface area (Å²) >= 11 is 0. The van der Waals surface area contributed by atoms with E-state index in [9.17, 15) is 5.21 Å². The number of oxime groups is 1. The Morgan fingerprint density at radius 3 is 1.07 bits per heavy atom. The normalized spacial score (nSPS) is 23.5. The summed E-state index contributed by atoms with van der Waals surface area (Å²) in [6.07, 6.45) is -8.19. The molecule has 7 aromatic carbocycles. The Kier molecular flexibility index (Phi) is 19.3. The molecule has 9 atom stereocenters. The third kappa shape index (κ3) is 15.0. The lowest BCUT2D eigenvalue weighted by Gasteiger charge is -2.49. The van der Waals surface area contributed by atoms with Gasteiger partial charge < -0.3 is 52.6 Å². The van der Waals surface area contributed by atoms with E-state index in [0.29, 0.717) is 6.61 Å². The first-order valence-corrected chi connectivity index (χ1v) is 24.9. The van der Waals surface area contributed by atoms with Gasteiger partial charge in [-0.3, -0.25) is 0 Å². The number of benzene rings is 7. The molecule has 0 aromatic heterocycles. The second-order valence-electron chi connectivity index (χ2n) is 18.0. The van der Waals surface area contributed by atoms with Crippen LogP contribution in [0, 0.1) is 0 Å². The van der Waals surface area contributed by atoms with Crippen LogP contribution in [0.4, 0.5) is 0 Å². The van der Waals surface area contributed by atoms with Crippen LogP contribution in [0.25, 0.3) is 0 Å². The van der Waals surface area contributed by atoms with E-state index in [4.69, 9.17) is 47.4 Å². The molecular weight excluding hydrogens is 923 g/mol. The number of hydrogen-bond acceptors (Lipinski definition) is 12. The van der Waals surface area contributed by atoms with Gasteiger partial charge in [0.05, 0.1) is 59.5 Å². The highest BCUT2D eigenvalue weighted by atomic mass is 16.7. The molecule has 0 aliphatic carbocycles. The first kappa shape index (κ1) is 51.4. The van der Waals surface area contributed by atoms with E-state index in [0.717, 1.165) is 38.9 Å². The molecule has 0 saturated carbocycles. The highest BCUT2D eigenvalue weighted by Gasteiger charge is 2.54. The Morgan fingerprint density at radius 1 is 0.342 bits per heavy atom. The summed E-state index contributed by atoms with van der Waals surface area (Å²) in [5, 5.41) is 14.4. The van der Waals surface area contributed by atoms with Crippen molar-refractivity contribution in [2.45, 2.75) is 101 Å². The highest BCUT2D eigenvalue weighted by Crippen LogP contribution is 2.36. The molecule has 12 nitrogen and oxygen atoms in total. The monoisotopic (exact) mass is 985 g/mol. The molecule has 2 saturated heterocycles. The van der Waals surface area contributed by atoms with E-state index in [1.165, 1.54) is 0 Å². The first-order chi connectivity index (χ1) is 36.2. The predicted octanol–water partition coefficient (Wildman–Crippen LogP) is 10.6. The second kappa shape index (κ2) is 27.5. The topological polar surface area (TPSA) is 125 Å². The van der Waals surface area contributed by atoms with E-state index in [1.807, 2.05) is 212 Å². The van der Waals surface area contributed by atoms with Crippen molar-refractivity contribution < 1.29 is 52.6 Å². The van der Waals surface area contributed by atoms with Gasteiger partial charge in [-0.1, -0.05) is 217 Å². The molecule has 2 aliphatic rings. The molecule has 378 valence electrons. The average Bonchev–Trinajstić information content (AvgIpc) is 3.45. The van der Waals surface area contributed by atoms with E-state index in [-0.39, 0.29) is 58.8 Å². The van der Waals surface area contributed by atoms with Gasteiger partial charge in [-0.05, 0) is 38.9 Å². The third-order valence-corrected chi connectivity index (χ3v) is 12.7. The second-order valence-corrected chi connectivity index (χ2v) is 18.0. The zero-order valence-corrected chi connectivity index (χ0v) is 40.7. The van der Waals surface area contributed by atoms with Gasteiger partial charge in [-0.15, -0.1) is 0 Å². The summed E-state index contributed by atoms with van der Waals surface area (Å²) in [5.41, 5.74) is 6.67. The molecule has 0 amide bonds. The van der Waals surface area contributed by atoms with Gasteiger partial charge in [-0.25, -0.2) is 0 Å². The predicted molar refractivity (Wildman–Crippen MR) is 275 cm³/mol. The van der Waals surface area contributed by atoms with Crippen LogP contribution in [0.15, 0.2) is 217 Å². The van der Waals surface area contributed by atoms with Gasteiger partial charge in [0, 0.05) is 0 Å². The Hall–Kier alpha value is -6.55. The van der Waals surface area contributed by atoms with Crippen LogP contribution in [-0.4, -0.2) is 79.4 Å². The lowest BCUT2D eigenvalue weighted by molar-refractivity contribution is -0.351. The minimum Gasteiger partial charge on any atom is -0.468 e. The quantitative estimate of drug-likeness (QED) is 0.0435. The van der Waals surface area contributed by atoms with E-state index in [1.54, 1.807) is 0 Å². The maximum Gasteiger partial charge on any atom is 0.258 e. The average molecular weight is 986 g/mol. The van der Waals surface area contributed by atoms with Crippen LogP contribution in [0.5, 0.6) is 0 Å². The van der Waals surface area contributed by atoms with E-state index in [2.05, 4.69) is 5.16 Å². The minimum absolute atomic E-state index is 0.0117. The van der Waals surface area contributed by atoms with Gasteiger partial charge in [0.2, 0.25) is 0 Å². The number of nitrogens with zero attached hydrogens (tertiary/aromatic N) is 1. The number of hydrogen-bond donors (Lipinski definition) is 1. The van der Waals surface area contributed by atoms with Crippen molar-refractivity contribution in [2.24, 2.45) is 5.16 Å². The maximum absolute atomic E-state index is 10.7. The molecule has 0 radical (unpaired) electrons. The molecule has 12 heteroatoms. The molecule has 73 heavy (non-hydrogen) atoms. The fourth-order valence-corrected chi connectivity index (χ4v) is 8.94. The Bertz CT molecular complexity index is 2640. The zero-order valence-electron chi connectivity index (χ0n) is 40.7. The molecule has 7 aromatic rings. The Labute approximate surface area is 427 Å². The fourth-order valence-electron chi connectivity index (χ4n) is 8.94. The van der Waals surface area contributed by atoms with Gasteiger partial charge in [0.25, 0.3) is 5.90 Å². The molecule has 9 rings (SSSR count). The summed E-state index contributed by atoms with van der Waals surface area (Å²) in [6, 6.07) is 69.4. The summed E-state index contributed by atoms with van der Waals surface area (Å²) in [4.78, 5) is 0. The molecule has 0 unspecified atom stereocenters. The van der Waals surface area contributed by atoms with Gasteiger partial charge >= 0.3 is 0 Å². The lowest BCUT2D eigenvalue weighted by atomic mass is 9.96. The zero-order chi connectivity index (χ0) is 49.7. The van der Waals surface area contributed by atoms with Gasteiger partial charge in [0.15, 0.2) is 18.5 Å². The third-order valence-electron chi connectivity index (χ3n) is 12.7. The number of rotatable bonds is 25. The lowest BCUT2D eigenvalue weighted by Crippen LogP contribution is -2.65. The summed E-state index contributed by atoms with van der Waals surface area (Å²) < 4.78 is 68.9. The van der Waals surface area contributed by atoms with E-state index >= 15 is 0 Å². The molecule has 2 heterocycles. The maximum atomic E-state index is 10.7. The van der Waals surface area contributed by atoms with Crippen LogP contribution in [0.3, 0.4) is 0 Å². The standard InChI is InChI=1S/C61H63NO11/c63-62-60-58(69-41-50-32-18-6-19-33-50)57(68-40-49-30-16-5-17-31-49)55(53(71-60)44-65-37-46-24-10-2-11-25-46)73-61-59(70-42-51-34-20-7-21-35-51)56(67-39-48-28-14-4-15-29-48)54(66-38-47-26-12-3-13-27-47)52(72-61)43-64-36-45-22-8-1-9-23-45/h1-35,52-59,61,63H,36-44H2/b62-60-/t52-,53-,54-,55-,56+,57+,58-,59-,61-/m1/s1. The van der Waals surface area contributed by atoms with Crippen LogP contribution in [-0.2, 0) is 93.6 Å². The molecule has 0 bridgehead atoms. The summed E-state index contributed by atoms with van der Waals surface area (Å²) in [5.74, 6) is -0.0748. The Morgan fingerprint density at radius 2 is 0.671 bits per heavy atom. The van der Waals surface area contributed by atoms with Crippen molar-refractivity contribution >= 4 is 5.90 Å². The van der Waals surface area contributed by atoms with E-state index < -0.39 is 55.1 Å². The first-order valence-electron chi connectivity index (χ1n) is 24.9. The molecule has 2 aliphatic heterocycles. The molecule has 1 N–H and O–H groups in total. The van der Waals surface area contributed by atoms with Crippen LogP contribution in [0.1, 0.15) is 38.9 Å². The SMILES string of the molecule is O/N=C1\O[C@H](COCc2ccccc2)[C@@H](O[C@H]2O[C@H](COCc3ccccc3)[C@@H](OCc3ccccc3)[C@H](OCc3ccccc3)[C@H]2OCc2ccccc2)[C@H](OCc2ccccc2)[C@H]1OCc1ccccc1. The number of ether oxygens (including phenoxy) is 10. The van der Waals surface area contributed by atoms with Crippen molar-refractivity contribution in [1.82, 2.24) is 0 Å². The van der Waals surface area contributed by atoms with Crippen molar-refractivity contribution in [3.8, 4) is 0 Å². The van der Waals surface area contributed by atoms with Crippen molar-refractivity contribution in [3.63, 3.8) is 0 Å². The molecule has 2 fully saturated rings. The highest BCUT2D eigenvalue weighted by molar-refractivity contribution is 5.82. The van der Waals surface area contributed by atoms with Gasteiger partial charge in [0.1, 0.15) is 36.6 Å². The molecule has 0 spiro atoms. The Balaban J connectivity index is 1.11. The molecular formula is C61H63NO11. The summed E-state index contributed by atoms with van der Waals surface area (Å²) in [6.45, 7) is 1.76. The van der Waals surface area contributed by atoms with Crippen molar-refractivity contribution in [3.05, 3.63) is 251 Å². The minimum atomic E-state index is -1.15. The van der Waals surface area contributed by atoms with Crippen LogP contribution >= 0.6 is 0 Å². The van der Waals surface area contributed by atoms with Crippen molar-refractivity contribution in [1.29, 1.82) is 0 Å². The summed E-state index contributed by atoms with van der Waals surface area (Å²) in [7, 11) is 0. The van der Waals surface area contributed by atoms with Crippen molar-refractivity contribution in [2.75, 3.05) is 13.2 Å². The largest absolute Gasteiger partial charge is 0.468 e. The van der Waals surface area contributed by atoms with Crippen LogP contribution < -0.4 is 0 Å². The van der Waals surface area contributed by atoms with Gasteiger partial charge in [-0.2, -0.15) is 0 Å². The fraction of sp³-hybridized carbons (Fsp3) is 0.295.